The predicted octanol–water partition coefficient (Wildman–Crippen LogP) is 0.677. The van der Waals surface area contributed by atoms with E-state index in [4.69, 9.17) is 14.2 Å². The maximum atomic E-state index is 9.86. The fourth-order valence-corrected chi connectivity index (χ4v) is 1.65. The fraction of sp³-hybridized carbons (Fsp3) is 0.455. The molecule has 16 heavy (non-hydrogen) atoms. The van der Waals surface area contributed by atoms with E-state index in [1.54, 1.807) is 26.3 Å². The molecule has 1 aliphatic heterocycles. The normalized spacial score (nSPS) is 14.9. The molecule has 0 fully saturated rings. The van der Waals surface area contributed by atoms with Crippen molar-refractivity contribution in [1.29, 1.82) is 0 Å². The van der Waals surface area contributed by atoms with Crippen LogP contribution in [0.2, 0.25) is 0 Å². The first-order chi connectivity index (χ1) is 7.76. The summed E-state index contributed by atoms with van der Waals surface area (Å²) in [4.78, 5) is 0. The summed E-state index contributed by atoms with van der Waals surface area (Å²) in [5.74, 6) is 1.80. The molecule has 0 bridgehead atoms. The molecule has 0 radical (unpaired) electrons. The smallest absolute Gasteiger partial charge is 0.231 e. The van der Waals surface area contributed by atoms with Gasteiger partial charge in [-0.15, -0.1) is 0 Å². The second-order valence-electron chi connectivity index (χ2n) is 3.53. The molecule has 2 N–H and O–H groups in total. The van der Waals surface area contributed by atoms with Crippen molar-refractivity contribution in [2.75, 3.05) is 27.5 Å². The molecule has 0 amide bonds. The van der Waals surface area contributed by atoms with Crippen molar-refractivity contribution in [1.82, 2.24) is 5.32 Å². The number of rotatable bonds is 4. The lowest BCUT2D eigenvalue weighted by Crippen LogP contribution is -2.16. The lowest BCUT2D eigenvalue weighted by atomic mass is 10.1. The summed E-state index contributed by atoms with van der Waals surface area (Å²) in [7, 11) is 3.35. The number of benzene rings is 1. The Morgan fingerprint density at radius 2 is 2.31 bits per heavy atom. The van der Waals surface area contributed by atoms with Crippen molar-refractivity contribution in [3.63, 3.8) is 0 Å². The van der Waals surface area contributed by atoms with E-state index in [-0.39, 0.29) is 6.79 Å². The highest BCUT2D eigenvalue weighted by molar-refractivity contribution is 5.55. The highest BCUT2D eigenvalue weighted by atomic mass is 16.7. The third kappa shape index (κ3) is 1.91. The first-order valence-corrected chi connectivity index (χ1v) is 5.06. The number of aliphatic hydroxyl groups is 1. The van der Waals surface area contributed by atoms with Gasteiger partial charge in [-0.25, -0.2) is 0 Å². The van der Waals surface area contributed by atoms with E-state index in [1.807, 2.05) is 0 Å². The molecule has 1 heterocycles. The van der Waals surface area contributed by atoms with Gasteiger partial charge in [-0.2, -0.15) is 0 Å². The number of fused-ring (bicyclic) bond motifs is 1. The second-order valence-corrected chi connectivity index (χ2v) is 3.53. The second kappa shape index (κ2) is 4.59. The zero-order valence-electron chi connectivity index (χ0n) is 9.32. The third-order valence-corrected chi connectivity index (χ3v) is 2.46. The standard InChI is InChI=1S/C11H15NO4/c1-12-5-8(13)7-3-9(14-2)11-10(4-7)15-6-16-11/h3-4,8,12-13H,5-6H2,1-2H3. The average molecular weight is 225 g/mol. The number of likely N-dealkylation sites (N-methyl/N-ethyl adjacent to an activating group) is 1. The number of aliphatic hydroxyl groups excluding tert-OH is 1. The Morgan fingerprint density at radius 3 is 3.00 bits per heavy atom. The van der Waals surface area contributed by atoms with Crippen LogP contribution >= 0.6 is 0 Å². The van der Waals surface area contributed by atoms with Crippen molar-refractivity contribution >= 4 is 0 Å². The van der Waals surface area contributed by atoms with E-state index < -0.39 is 6.10 Å². The number of methoxy groups -OCH3 is 1. The van der Waals surface area contributed by atoms with Gasteiger partial charge in [0, 0.05) is 6.54 Å². The summed E-state index contributed by atoms with van der Waals surface area (Å²) < 4.78 is 15.7. The van der Waals surface area contributed by atoms with Crippen LogP contribution in [0.25, 0.3) is 0 Å². The summed E-state index contributed by atoms with van der Waals surface area (Å²) in [5.41, 5.74) is 0.746. The van der Waals surface area contributed by atoms with Gasteiger partial charge in [-0.1, -0.05) is 0 Å². The lowest BCUT2D eigenvalue weighted by Gasteiger charge is -2.13. The van der Waals surface area contributed by atoms with E-state index in [0.717, 1.165) is 5.56 Å². The van der Waals surface area contributed by atoms with Crippen LogP contribution in [0.3, 0.4) is 0 Å². The van der Waals surface area contributed by atoms with Crippen LogP contribution in [0, 0.1) is 0 Å². The van der Waals surface area contributed by atoms with Gasteiger partial charge >= 0.3 is 0 Å². The first kappa shape index (κ1) is 11.0. The molecule has 0 saturated carbocycles. The van der Waals surface area contributed by atoms with E-state index in [9.17, 15) is 5.11 Å². The van der Waals surface area contributed by atoms with Gasteiger partial charge in [0.25, 0.3) is 0 Å². The van der Waals surface area contributed by atoms with Crippen LogP contribution in [0.4, 0.5) is 0 Å². The van der Waals surface area contributed by atoms with E-state index >= 15 is 0 Å². The van der Waals surface area contributed by atoms with Crippen molar-refractivity contribution in [2.24, 2.45) is 0 Å². The predicted molar refractivity (Wildman–Crippen MR) is 58.0 cm³/mol. The Bertz CT molecular complexity index is 380. The summed E-state index contributed by atoms with van der Waals surface area (Å²) >= 11 is 0. The summed E-state index contributed by atoms with van der Waals surface area (Å²) in [6.45, 7) is 0.667. The number of ether oxygens (including phenoxy) is 3. The van der Waals surface area contributed by atoms with Crippen molar-refractivity contribution in [2.45, 2.75) is 6.10 Å². The highest BCUT2D eigenvalue weighted by Gasteiger charge is 2.22. The Kier molecular flexibility index (Phi) is 3.17. The van der Waals surface area contributed by atoms with Gasteiger partial charge in [0.15, 0.2) is 11.5 Å². The third-order valence-electron chi connectivity index (χ3n) is 2.46. The van der Waals surface area contributed by atoms with Crippen molar-refractivity contribution in [3.8, 4) is 17.2 Å². The van der Waals surface area contributed by atoms with Crippen LogP contribution < -0.4 is 19.5 Å². The zero-order valence-corrected chi connectivity index (χ0v) is 9.32. The molecular formula is C11H15NO4. The molecule has 88 valence electrons. The molecule has 1 aromatic carbocycles. The van der Waals surface area contributed by atoms with Gasteiger partial charge in [0.05, 0.1) is 13.2 Å². The zero-order chi connectivity index (χ0) is 11.5. The van der Waals surface area contributed by atoms with Gasteiger partial charge in [-0.05, 0) is 24.7 Å². The highest BCUT2D eigenvalue weighted by Crippen LogP contribution is 2.42. The molecule has 1 aliphatic rings. The van der Waals surface area contributed by atoms with Gasteiger partial charge in [0.2, 0.25) is 12.5 Å². The number of hydrogen-bond acceptors (Lipinski definition) is 5. The lowest BCUT2D eigenvalue weighted by molar-refractivity contribution is 0.170. The van der Waals surface area contributed by atoms with E-state index in [1.165, 1.54) is 0 Å². The maximum Gasteiger partial charge on any atom is 0.231 e. The Balaban J connectivity index is 2.34. The van der Waals surface area contributed by atoms with Crippen LogP contribution in [-0.2, 0) is 0 Å². The van der Waals surface area contributed by atoms with Crippen LogP contribution in [0.5, 0.6) is 17.2 Å². The molecule has 1 unspecified atom stereocenters. The molecule has 0 saturated heterocycles. The van der Waals surface area contributed by atoms with Gasteiger partial charge < -0.3 is 24.6 Å². The molecule has 0 aliphatic carbocycles. The molecule has 2 rings (SSSR count). The molecule has 5 nitrogen and oxygen atoms in total. The molecule has 0 aromatic heterocycles. The van der Waals surface area contributed by atoms with Crippen molar-refractivity contribution in [3.05, 3.63) is 17.7 Å². The fourth-order valence-electron chi connectivity index (χ4n) is 1.65. The largest absolute Gasteiger partial charge is 0.493 e. The average Bonchev–Trinajstić information content (AvgIpc) is 2.75. The molecule has 1 atom stereocenters. The summed E-state index contributed by atoms with van der Waals surface area (Å²) in [5, 5.41) is 12.8. The van der Waals surface area contributed by atoms with Gasteiger partial charge in [-0.3, -0.25) is 0 Å². The van der Waals surface area contributed by atoms with Crippen molar-refractivity contribution < 1.29 is 19.3 Å². The topological polar surface area (TPSA) is 60.0 Å². The van der Waals surface area contributed by atoms with Gasteiger partial charge in [0.1, 0.15) is 0 Å². The Morgan fingerprint density at radius 1 is 1.50 bits per heavy atom. The maximum absolute atomic E-state index is 9.86. The summed E-state index contributed by atoms with van der Waals surface area (Å²) in [6.07, 6.45) is -0.589. The Hall–Kier alpha value is -1.46. The minimum absolute atomic E-state index is 0.192. The molecule has 0 spiro atoms. The SMILES string of the molecule is CNCC(O)c1cc(OC)c2c(c1)OCO2. The quantitative estimate of drug-likeness (QED) is 0.789. The van der Waals surface area contributed by atoms with Crippen LogP contribution in [0.1, 0.15) is 11.7 Å². The van der Waals surface area contributed by atoms with Crippen LogP contribution in [-0.4, -0.2) is 32.6 Å². The minimum atomic E-state index is -0.589. The Labute approximate surface area is 93.9 Å². The molecule has 5 heteroatoms. The first-order valence-electron chi connectivity index (χ1n) is 5.06. The number of hydrogen-bond donors (Lipinski definition) is 2. The minimum Gasteiger partial charge on any atom is -0.493 e. The molecular weight excluding hydrogens is 210 g/mol. The monoisotopic (exact) mass is 225 g/mol. The number of nitrogens with one attached hydrogen (secondary N) is 1. The van der Waals surface area contributed by atoms with E-state index in [2.05, 4.69) is 5.32 Å². The summed E-state index contributed by atoms with van der Waals surface area (Å²) in [6, 6.07) is 3.53. The molecule has 1 aromatic rings. The van der Waals surface area contributed by atoms with E-state index in [0.29, 0.717) is 23.8 Å². The van der Waals surface area contributed by atoms with Crippen LogP contribution in [0.15, 0.2) is 12.1 Å².